The third kappa shape index (κ3) is 4.15. The number of methoxy groups -OCH3 is 2. The van der Waals surface area contributed by atoms with Gasteiger partial charge in [-0.2, -0.15) is 0 Å². The van der Waals surface area contributed by atoms with Crippen LogP contribution in [0.2, 0.25) is 0 Å². The zero-order valence-corrected chi connectivity index (χ0v) is 17.1. The van der Waals surface area contributed by atoms with Crippen LogP contribution in [0.25, 0.3) is 10.9 Å². The third-order valence-corrected chi connectivity index (χ3v) is 5.10. The smallest absolute Gasteiger partial charge is 0.162 e. The van der Waals surface area contributed by atoms with Crippen molar-refractivity contribution < 1.29 is 14.2 Å². The summed E-state index contributed by atoms with van der Waals surface area (Å²) in [5.74, 6) is 2.75. The predicted octanol–water partition coefficient (Wildman–Crippen LogP) is 5.41. The maximum atomic E-state index is 6.15. The first-order valence-electron chi connectivity index (χ1n) is 9.79. The summed E-state index contributed by atoms with van der Waals surface area (Å²) in [5, 5.41) is 0.860. The molecule has 0 amide bonds. The molecule has 4 aromatic rings. The molecule has 30 heavy (non-hydrogen) atoms. The SMILES string of the molecule is COc1cc2nccc(Oc3ccc(CCc4ccccc4N)cc3)c2cc1OC. The molecule has 5 heteroatoms. The summed E-state index contributed by atoms with van der Waals surface area (Å²) < 4.78 is 16.9. The van der Waals surface area contributed by atoms with Crippen LogP contribution >= 0.6 is 0 Å². The molecule has 0 saturated carbocycles. The molecule has 0 bridgehead atoms. The molecule has 0 unspecified atom stereocenters. The summed E-state index contributed by atoms with van der Waals surface area (Å²) >= 11 is 0. The number of ether oxygens (including phenoxy) is 3. The van der Waals surface area contributed by atoms with E-state index in [-0.39, 0.29) is 0 Å². The number of pyridine rings is 1. The number of nitrogens with zero attached hydrogens (tertiary/aromatic N) is 1. The minimum Gasteiger partial charge on any atom is -0.493 e. The summed E-state index contributed by atoms with van der Waals surface area (Å²) in [7, 11) is 3.22. The Morgan fingerprint density at radius 1 is 0.800 bits per heavy atom. The van der Waals surface area contributed by atoms with E-state index in [4.69, 9.17) is 19.9 Å². The van der Waals surface area contributed by atoms with Crippen LogP contribution in [0.3, 0.4) is 0 Å². The Kier molecular flexibility index (Phi) is 5.70. The second-order valence-corrected chi connectivity index (χ2v) is 6.98. The van der Waals surface area contributed by atoms with Crippen LogP contribution in [0.15, 0.2) is 72.9 Å². The monoisotopic (exact) mass is 400 g/mol. The van der Waals surface area contributed by atoms with E-state index in [1.807, 2.05) is 48.5 Å². The Bertz CT molecular complexity index is 1160. The number of nitrogens with two attached hydrogens (primary N) is 1. The summed E-state index contributed by atoms with van der Waals surface area (Å²) in [6.07, 6.45) is 3.55. The molecule has 5 nitrogen and oxygen atoms in total. The lowest BCUT2D eigenvalue weighted by Crippen LogP contribution is -1.97. The van der Waals surface area contributed by atoms with E-state index < -0.39 is 0 Å². The number of hydrogen-bond acceptors (Lipinski definition) is 5. The molecular formula is C25H24N2O3. The zero-order valence-electron chi connectivity index (χ0n) is 17.1. The molecule has 1 aromatic heterocycles. The first kappa shape index (κ1) is 19.6. The van der Waals surface area contributed by atoms with Gasteiger partial charge in [0.05, 0.1) is 19.7 Å². The Morgan fingerprint density at radius 3 is 2.27 bits per heavy atom. The van der Waals surface area contributed by atoms with Crippen LogP contribution in [0, 0.1) is 0 Å². The molecule has 152 valence electrons. The van der Waals surface area contributed by atoms with Gasteiger partial charge in [0.2, 0.25) is 0 Å². The highest BCUT2D eigenvalue weighted by molar-refractivity contribution is 5.88. The van der Waals surface area contributed by atoms with Crippen LogP contribution in [0.4, 0.5) is 5.69 Å². The van der Waals surface area contributed by atoms with E-state index >= 15 is 0 Å². The third-order valence-electron chi connectivity index (χ3n) is 5.10. The molecule has 0 aliphatic carbocycles. The Hall–Kier alpha value is -3.73. The Morgan fingerprint density at radius 2 is 1.53 bits per heavy atom. The zero-order chi connectivity index (χ0) is 20.9. The van der Waals surface area contributed by atoms with Gasteiger partial charge in [-0.1, -0.05) is 30.3 Å². The largest absolute Gasteiger partial charge is 0.493 e. The van der Waals surface area contributed by atoms with Crippen LogP contribution < -0.4 is 19.9 Å². The van der Waals surface area contributed by atoms with Gasteiger partial charge in [-0.05, 0) is 54.3 Å². The fourth-order valence-electron chi connectivity index (χ4n) is 3.43. The van der Waals surface area contributed by atoms with E-state index in [1.165, 1.54) is 11.1 Å². The Labute approximate surface area is 176 Å². The summed E-state index contributed by atoms with van der Waals surface area (Å²) in [4.78, 5) is 4.42. The van der Waals surface area contributed by atoms with E-state index in [9.17, 15) is 0 Å². The van der Waals surface area contributed by atoms with Gasteiger partial charge in [-0.3, -0.25) is 4.98 Å². The van der Waals surface area contributed by atoms with E-state index in [0.717, 1.165) is 35.2 Å². The average molecular weight is 400 g/mol. The van der Waals surface area contributed by atoms with Gasteiger partial charge in [-0.25, -0.2) is 0 Å². The second-order valence-electron chi connectivity index (χ2n) is 6.98. The second kappa shape index (κ2) is 8.74. The standard InChI is InChI=1S/C25H24N2O3/c1-28-24-15-20-22(16-25(24)29-2)27-14-13-23(20)30-19-11-8-17(9-12-19)7-10-18-5-3-4-6-21(18)26/h3-6,8-9,11-16H,7,10,26H2,1-2H3. The van der Waals surface area contributed by atoms with Crippen LogP contribution in [-0.2, 0) is 12.8 Å². The van der Waals surface area contributed by atoms with Gasteiger partial charge in [0.15, 0.2) is 11.5 Å². The molecule has 2 N–H and O–H groups in total. The van der Waals surface area contributed by atoms with Crippen molar-refractivity contribution in [1.82, 2.24) is 4.98 Å². The number of fused-ring (bicyclic) bond motifs is 1. The molecule has 0 aliphatic rings. The highest BCUT2D eigenvalue weighted by Crippen LogP contribution is 2.36. The fourth-order valence-corrected chi connectivity index (χ4v) is 3.43. The highest BCUT2D eigenvalue weighted by Gasteiger charge is 2.11. The van der Waals surface area contributed by atoms with Gasteiger partial charge in [-0.15, -0.1) is 0 Å². The van der Waals surface area contributed by atoms with Gasteiger partial charge in [0, 0.05) is 23.3 Å². The molecule has 0 aliphatic heterocycles. The van der Waals surface area contributed by atoms with E-state index in [1.54, 1.807) is 20.4 Å². The quantitative estimate of drug-likeness (QED) is 0.420. The van der Waals surface area contributed by atoms with Crippen molar-refractivity contribution in [2.75, 3.05) is 20.0 Å². The van der Waals surface area contributed by atoms with Crippen molar-refractivity contribution in [3.05, 3.63) is 84.1 Å². The number of para-hydroxylation sites is 1. The maximum absolute atomic E-state index is 6.15. The number of aryl methyl sites for hydroxylation is 2. The summed E-state index contributed by atoms with van der Waals surface area (Å²) in [6, 6.07) is 21.7. The van der Waals surface area contributed by atoms with E-state index in [2.05, 4.69) is 23.2 Å². The Balaban J connectivity index is 1.52. The van der Waals surface area contributed by atoms with Crippen molar-refractivity contribution in [2.45, 2.75) is 12.8 Å². The molecular weight excluding hydrogens is 376 g/mol. The number of benzene rings is 3. The molecule has 0 radical (unpaired) electrons. The first-order valence-corrected chi connectivity index (χ1v) is 9.79. The van der Waals surface area contributed by atoms with Crippen LogP contribution in [0.1, 0.15) is 11.1 Å². The molecule has 1 heterocycles. The molecule has 0 fully saturated rings. The predicted molar refractivity (Wildman–Crippen MR) is 120 cm³/mol. The van der Waals surface area contributed by atoms with Crippen molar-refractivity contribution in [3.63, 3.8) is 0 Å². The van der Waals surface area contributed by atoms with Gasteiger partial charge in [0.1, 0.15) is 11.5 Å². The molecule has 4 rings (SSSR count). The lowest BCUT2D eigenvalue weighted by molar-refractivity contribution is 0.355. The number of anilines is 1. The van der Waals surface area contributed by atoms with Gasteiger partial charge < -0.3 is 19.9 Å². The molecule has 0 saturated heterocycles. The molecule has 3 aromatic carbocycles. The van der Waals surface area contributed by atoms with Crippen molar-refractivity contribution in [1.29, 1.82) is 0 Å². The number of hydrogen-bond donors (Lipinski definition) is 1. The molecule has 0 atom stereocenters. The highest BCUT2D eigenvalue weighted by atomic mass is 16.5. The first-order chi connectivity index (χ1) is 14.7. The maximum Gasteiger partial charge on any atom is 0.162 e. The minimum absolute atomic E-state index is 0.637. The van der Waals surface area contributed by atoms with Crippen LogP contribution in [-0.4, -0.2) is 19.2 Å². The topological polar surface area (TPSA) is 66.6 Å². The van der Waals surface area contributed by atoms with Crippen LogP contribution in [0.5, 0.6) is 23.0 Å². The van der Waals surface area contributed by atoms with E-state index in [0.29, 0.717) is 17.2 Å². The number of nitrogen functional groups attached to an aromatic ring is 1. The van der Waals surface area contributed by atoms with Gasteiger partial charge >= 0.3 is 0 Å². The minimum atomic E-state index is 0.637. The van der Waals surface area contributed by atoms with Crippen molar-refractivity contribution in [3.8, 4) is 23.0 Å². The number of rotatable bonds is 7. The van der Waals surface area contributed by atoms with Gasteiger partial charge in [0.25, 0.3) is 0 Å². The van der Waals surface area contributed by atoms with Crippen molar-refractivity contribution >= 4 is 16.6 Å². The summed E-state index contributed by atoms with van der Waals surface area (Å²) in [5.41, 5.74) is 10.1. The normalized spacial score (nSPS) is 10.7. The average Bonchev–Trinajstić information content (AvgIpc) is 2.79. The summed E-state index contributed by atoms with van der Waals surface area (Å²) in [6.45, 7) is 0. The lowest BCUT2D eigenvalue weighted by atomic mass is 10.0. The molecule has 0 spiro atoms. The lowest BCUT2D eigenvalue weighted by Gasteiger charge is -2.12. The number of aromatic nitrogens is 1. The van der Waals surface area contributed by atoms with Crippen molar-refractivity contribution in [2.24, 2.45) is 0 Å². The fraction of sp³-hybridized carbons (Fsp3) is 0.160.